The van der Waals surface area contributed by atoms with Gasteiger partial charge in [0.25, 0.3) is 0 Å². The van der Waals surface area contributed by atoms with Crippen LogP contribution in [0.3, 0.4) is 0 Å². The van der Waals surface area contributed by atoms with Crippen LogP contribution in [0.25, 0.3) is 0 Å². The van der Waals surface area contributed by atoms with Crippen LogP contribution in [0, 0.1) is 11.8 Å². The quantitative estimate of drug-likeness (QED) is 0.463. The first-order valence-electron chi connectivity index (χ1n) is 7.93. The van der Waals surface area contributed by atoms with Crippen molar-refractivity contribution in [2.24, 2.45) is 11.8 Å². The molecule has 0 bridgehead atoms. The van der Waals surface area contributed by atoms with Gasteiger partial charge in [0.05, 0.1) is 28.4 Å². The van der Waals surface area contributed by atoms with E-state index in [1.54, 1.807) is 0 Å². The lowest BCUT2D eigenvalue weighted by Crippen LogP contribution is -2.26. The van der Waals surface area contributed by atoms with Crippen LogP contribution in [0.2, 0.25) is 11.6 Å². The highest BCUT2D eigenvalue weighted by atomic mass is 31.2. The number of hydrogen-bond acceptors (Lipinski definition) is 3. The molecule has 0 amide bonds. The largest absolute Gasteiger partial charge is 0.472 e. The fraction of sp³-hybridized carbons (Fsp3) is 0.733. The fourth-order valence-corrected chi connectivity index (χ4v) is 3.91. The molecule has 6 unspecified atom stereocenters. The Bertz CT molecular complexity index is 468. The van der Waals surface area contributed by atoms with Gasteiger partial charge >= 0.3 is 7.82 Å². The van der Waals surface area contributed by atoms with Crippen molar-refractivity contribution in [2.75, 3.05) is 6.61 Å². The van der Waals surface area contributed by atoms with Crippen molar-refractivity contribution in [1.82, 2.24) is 0 Å². The van der Waals surface area contributed by atoms with E-state index >= 15 is 0 Å². The molecule has 0 spiro atoms. The number of phosphoric ester groups is 1. The zero-order chi connectivity index (χ0) is 16.2. The van der Waals surface area contributed by atoms with E-state index in [0.29, 0.717) is 6.42 Å². The maximum atomic E-state index is 12.2. The lowest BCUT2D eigenvalue weighted by Gasteiger charge is -2.31. The second-order valence-corrected chi connectivity index (χ2v) is 7.56. The fourth-order valence-electron chi connectivity index (χ4n) is 2.88. The molecular formula is C15H23B2O4P. The summed E-state index contributed by atoms with van der Waals surface area (Å²) in [6, 6.07) is 0. The molecule has 4 radical (unpaired) electrons. The van der Waals surface area contributed by atoms with Crippen molar-refractivity contribution in [3.05, 3.63) is 24.3 Å². The maximum absolute atomic E-state index is 12.2. The predicted molar refractivity (Wildman–Crippen MR) is 89.1 cm³/mol. The Labute approximate surface area is 135 Å². The van der Waals surface area contributed by atoms with Crippen LogP contribution in [0.15, 0.2) is 24.3 Å². The van der Waals surface area contributed by atoms with E-state index in [1.807, 2.05) is 31.2 Å². The van der Waals surface area contributed by atoms with Crippen molar-refractivity contribution in [2.45, 2.75) is 50.3 Å². The molecule has 22 heavy (non-hydrogen) atoms. The van der Waals surface area contributed by atoms with Gasteiger partial charge in [0.1, 0.15) is 0 Å². The van der Waals surface area contributed by atoms with Gasteiger partial charge in [-0.15, -0.1) is 0 Å². The molecule has 7 heteroatoms. The summed E-state index contributed by atoms with van der Waals surface area (Å²) in [5.74, 6) is 0.139. The monoisotopic (exact) mass is 320 g/mol. The van der Waals surface area contributed by atoms with Crippen LogP contribution in [-0.4, -0.2) is 33.3 Å². The molecule has 0 aromatic rings. The van der Waals surface area contributed by atoms with Crippen molar-refractivity contribution in [3.63, 3.8) is 0 Å². The number of allylic oxidation sites excluding steroid dienone is 2. The van der Waals surface area contributed by atoms with Crippen LogP contribution in [-0.2, 0) is 13.6 Å². The minimum absolute atomic E-state index is 0.0780. The Kier molecular flexibility index (Phi) is 6.58. The summed E-state index contributed by atoms with van der Waals surface area (Å²) in [4.78, 5) is 9.95. The first kappa shape index (κ1) is 18.1. The third-order valence-corrected chi connectivity index (χ3v) is 5.29. The van der Waals surface area contributed by atoms with Gasteiger partial charge in [-0.2, -0.15) is 0 Å². The highest BCUT2D eigenvalue weighted by Crippen LogP contribution is 2.48. The molecule has 0 saturated heterocycles. The number of rotatable bonds is 6. The molecular weight excluding hydrogens is 297 g/mol. The van der Waals surface area contributed by atoms with Gasteiger partial charge in [-0.05, 0) is 19.3 Å². The highest BCUT2D eigenvalue weighted by molar-refractivity contribution is 7.47. The van der Waals surface area contributed by atoms with Crippen LogP contribution in [0.5, 0.6) is 0 Å². The first-order chi connectivity index (χ1) is 10.4. The van der Waals surface area contributed by atoms with Crippen molar-refractivity contribution in [1.29, 1.82) is 0 Å². The van der Waals surface area contributed by atoms with Gasteiger partial charge in [0.2, 0.25) is 0 Å². The van der Waals surface area contributed by atoms with Crippen LogP contribution >= 0.6 is 7.82 Å². The van der Waals surface area contributed by atoms with Gasteiger partial charge in [-0.1, -0.05) is 49.3 Å². The Hall–Kier alpha value is -0.280. The summed E-state index contributed by atoms with van der Waals surface area (Å²) in [6.45, 7) is 2.18. The summed E-state index contributed by atoms with van der Waals surface area (Å²) in [6.07, 6.45) is 10.4. The van der Waals surface area contributed by atoms with Gasteiger partial charge in [0, 0.05) is 11.8 Å². The van der Waals surface area contributed by atoms with Gasteiger partial charge < -0.3 is 4.89 Å². The van der Waals surface area contributed by atoms with Gasteiger partial charge in [-0.25, -0.2) is 4.57 Å². The Morgan fingerprint density at radius 3 is 2.55 bits per heavy atom. The zero-order valence-corrected chi connectivity index (χ0v) is 13.9. The average molecular weight is 320 g/mol. The molecule has 118 valence electrons. The Morgan fingerprint density at radius 2 is 1.91 bits per heavy atom. The molecule has 0 aliphatic heterocycles. The van der Waals surface area contributed by atoms with Crippen molar-refractivity contribution < 1.29 is 18.5 Å². The Morgan fingerprint density at radius 1 is 1.18 bits per heavy atom. The number of phosphoric acid groups is 1. The molecule has 2 aliphatic rings. The third-order valence-electron chi connectivity index (χ3n) is 4.28. The SMILES string of the molecule is [B]C1C=CC(COP(=O)(O)OC2CC([B])C=CC2CC)CC1. The number of hydrogen-bond donors (Lipinski definition) is 1. The van der Waals surface area contributed by atoms with E-state index < -0.39 is 7.82 Å². The summed E-state index contributed by atoms with van der Waals surface area (Å²) >= 11 is 0. The third kappa shape index (κ3) is 5.42. The smallest absolute Gasteiger partial charge is 0.302 e. The molecule has 0 aromatic carbocycles. The van der Waals surface area contributed by atoms with Gasteiger partial charge in [-0.3, -0.25) is 9.05 Å². The molecule has 0 heterocycles. The molecule has 0 aromatic heterocycles. The summed E-state index contributed by atoms with van der Waals surface area (Å²) in [7, 11) is 7.56. The molecule has 2 aliphatic carbocycles. The second-order valence-electron chi connectivity index (χ2n) is 6.15. The summed E-state index contributed by atoms with van der Waals surface area (Å²) < 4.78 is 22.7. The molecule has 1 N–H and O–H groups in total. The lowest BCUT2D eigenvalue weighted by atomic mass is 9.75. The van der Waals surface area contributed by atoms with Crippen molar-refractivity contribution >= 4 is 23.5 Å². The van der Waals surface area contributed by atoms with E-state index in [1.165, 1.54) is 0 Å². The van der Waals surface area contributed by atoms with Crippen LogP contribution in [0.1, 0.15) is 32.6 Å². The predicted octanol–water partition coefficient (Wildman–Crippen LogP) is 3.35. The summed E-state index contributed by atoms with van der Waals surface area (Å²) in [5.41, 5.74) is 0. The van der Waals surface area contributed by atoms with E-state index in [-0.39, 0.29) is 36.2 Å². The normalized spacial score (nSPS) is 37.8. The minimum Gasteiger partial charge on any atom is -0.302 e. The van der Waals surface area contributed by atoms with Crippen LogP contribution in [0.4, 0.5) is 0 Å². The van der Waals surface area contributed by atoms with Crippen LogP contribution < -0.4 is 0 Å². The van der Waals surface area contributed by atoms with Crippen molar-refractivity contribution in [3.8, 4) is 0 Å². The molecule has 6 atom stereocenters. The topological polar surface area (TPSA) is 55.8 Å². The molecule has 0 fully saturated rings. The van der Waals surface area contributed by atoms with E-state index in [9.17, 15) is 9.46 Å². The van der Waals surface area contributed by atoms with E-state index in [0.717, 1.165) is 19.3 Å². The molecule has 0 saturated carbocycles. The lowest BCUT2D eigenvalue weighted by molar-refractivity contribution is 0.0677. The molecule has 2 rings (SSSR count). The Balaban J connectivity index is 1.86. The minimum atomic E-state index is -4.07. The first-order valence-corrected chi connectivity index (χ1v) is 9.42. The average Bonchev–Trinajstić information content (AvgIpc) is 2.46. The van der Waals surface area contributed by atoms with E-state index in [2.05, 4.69) is 0 Å². The summed E-state index contributed by atoms with van der Waals surface area (Å²) in [5, 5.41) is 0. The standard InChI is InChI=1S/C15H23B2O4P/c1-2-12-5-8-14(17)9-15(12)21-22(18,19)20-10-11-3-6-13(16)7-4-11/h3,5-6,8,11-15H,2,4,7,9-10H2,1H3,(H,18,19). The highest BCUT2D eigenvalue weighted by Gasteiger charge is 2.33. The second kappa shape index (κ2) is 8.01. The molecule has 4 nitrogen and oxygen atoms in total. The van der Waals surface area contributed by atoms with Gasteiger partial charge in [0.15, 0.2) is 0 Å². The van der Waals surface area contributed by atoms with E-state index in [4.69, 9.17) is 24.7 Å². The maximum Gasteiger partial charge on any atom is 0.472 e. The zero-order valence-electron chi connectivity index (χ0n) is 13.0.